The molecule has 2 heterocycles. The molecular weight excluding hydrogens is 602 g/mol. The molecule has 0 saturated heterocycles. The summed E-state index contributed by atoms with van der Waals surface area (Å²) in [4.78, 5) is 11.4. The highest BCUT2D eigenvalue weighted by Gasteiger charge is 2.28. The molecule has 0 spiro atoms. The van der Waals surface area contributed by atoms with Gasteiger partial charge in [0.2, 0.25) is 0 Å². The van der Waals surface area contributed by atoms with Gasteiger partial charge in [-0.15, -0.1) is 5.10 Å². The number of carbonyl (C=O) groups is 1. The Kier molecular flexibility index (Phi) is 6.54. The molecule has 12 heteroatoms. The summed E-state index contributed by atoms with van der Waals surface area (Å²) in [6, 6.07) is 12.4. The second kappa shape index (κ2) is 9.09. The third-order valence-corrected chi connectivity index (χ3v) is 7.81. The fourth-order valence-corrected chi connectivity index (χ4v) is 6.13. The maximum Gasteiger partial charge on any atom is 0.324 e. The molecule has 0 unspecified atom stereocenters. The van der Waals surface area contributed by atoms with E-state index in [1.807, 2.05) is 29.8 Å². The van der Waals surface area contributed by atoms with Gasteiger partial charge in [-0.25, -0.2) is 8.42 Å². The number of aromatic nitrogens is 3. The fourth-order valence-electron chi connectivity index (χ4n) is 3.29. The number of anilines is 1. The van der Waals surface area contributed by atoms with Gasteiger partial charge < -0.3 is 5.11 Å². The highest BCUT2D eigenvalue weighted by Crippen LogP contribution is 2.33. The Morgan fingerprint density at radius 2 is 1.79 bits per heavy atom. The zero-order valence-corrected chi connectivity index (χ0v) is 21.4. The Hall–Kier alpha value is -2.41. The van der Waals surface area contributed by atoms with E-state index in [-0.39, 0.29) is 20.6 Å². The van der Waals surface area contributed by atoms with Crippen LogP contribution in [0, 0.1) is 10.5 Å². The highest BCUT2D eigenvalue weighted by atomic mass is 127. The van der Waals surface area contributed by atoms with Gasteiger partial charge in [-0.2, -0.15) is 5.10 Å². The molecule has 0 fully saturated rings. The molecule has 33 heavy (non-hydrogen) atoms. The summed E-state index contributed by atoms with van der Waals surface area (Å²) in [5, 5.41) is 18.7. The minimum Gasteiger partial charge on any atom is -0.480 e. The summed E-state index contributed by atoms with van der Waals surface area (Å²) in [7, 11) is -4.27. The van der Waals surface area contributed by atoms with E-state index in [4.69, 9.17) is 23.2 Å². The number of fused-ring (bicyclic) bond motifs is 1. The summed E-state index contributed by atoms with van der Waals surface area (Å²) in [6.45, 7) is 1.06. The molecule has 2 aromatic carbocycles. The predicted molar refractivity (Wildman–Crippen MR) is 135 cm³/mol. The van der Waals surface area contributed by atoms with E-state index in [1.165, 1.54) is 18.2 Å². The molecule has 0 aliphatic carbocycles. The lowest BCUT2D eigenvalue weighted by Crippen LogP contribution is -2.35. The third kappa shape index (κ3) is 4.79. The molecule has 170 valence electrons. The molecule has 4 aromatic rings. The molecule has 2 aromatic heterocycles. The number of carboxylic acid groups (broad SMARTS) is 1. The van der Waals surface area contributed by atoms with Crippen molar-refractivity contribution in [3.63, 3.8) is 0 Å². The van der Waals surface area contributed by atoms with E-state index in [1.54, 1.807) is 18.2 Å². The molecule has 0 aliphatic rings. The molecule has 0 atom stereocenters. The molecule has 8 nitrogen and oxygen atoms in total. The van der Waals surface area contributed by atoms with Crippen molar-refractivity contribution in [2.75, 3.05) is 10.8 Å². The van der Waals surface area contributed by atoms with Gasteiger partial charge >= 0.3 is 5.97 Å². The van der Waals surface area contributed by atoms with Gasteiger partial charge in [0.15, 0.2) is 5.82 Å². The van der Waals surface area contributed by atoms with Crippen molar-refractivity contribution in [2.24, 2.45) is 0 Å². The molecule has 0 amide bonds. The van der Waals surface area contributed by atoms with E-state index in [0.717, 1.165) is 24.5 Å². The van der Waals surface area contributed by atoms with Crippen molar-refractivity contribution < 1.29 is 18.3 Å². The molecule has 4 rings (SSSR count). The van der Waals surface area contributed by atoms with Crippen LogP contribution in [0.2, 0.25) is 10.0 Å². The van der Waals surface area contributed by atoms with Crippen LogP contribution >= 0.6 is 45.8 Å². The summed E-state index contributed by atoms with van der Waals surface area (Å²) in [6.07, 6.45) is 1.85. The van der Waals surface area contributed by atoms with Crippen LogP contribution in [0.15, 0.2) is 59.6 Å². The van der Waals surface area contributed by atoms with Gasteiger partial charge in [-0.1, -0.05) is 23.2 Å². The standard InChI is InChI=1S/C21H15Cl2IN4O4S/c1-12-2-5-20(26-25-12)27-10-18(24)17-9-15(3-4-19(17)27)28(11-21(29)30)33(31,32)16-7-13(22)6-14(23)8-16/h2-10H,11H2,1H3,(H,29,30). The zero-order valence-electron chi connectivity index (χ0n) is 16.9. The van der Waals surface area contributed by atoms with Gasteiger partial charge in [-0.3, -0.25) is 13.7 Å². The van der Waals surface area contributed by atoms with Crippen molar-refractivity contribution in [2.45, 2.75) is 11.8 Å². The summed E-state index contributed by atoms with van der Waals surface area (Å²) < 4.78 is 30.2. The zero-order chi connectivity index (χ0) is 23.9. The molecule has 0 saturated carbocycles. The Bertz CT molecular complexity index is 1470. The maximum atomic E-state index is 13.4. The fraction of sp³-hybridized carbons (Fsp3) is 0.0952. The van der Waals surface area contributed by atoms with E-state index < -0.39 is 22.5 Å². The van der Waals surface area contributed by atoms with E-state index in [9.17, 15) is 18.3 Å². The van der Waals surface area contributed by atoms with Gasteiger partial charge in [-0.05, 0) is 78.0 Å². The molecule has 0 bridgehead atoms. The Morgan fingerprint density at radius 3 is 2.39 bits per heavy atom. The predicted octanol–water partition coefficient (Wildman–Crippen LogP) is 4.92. The monoisotopic (exact) mass is 616 g/mol. The van der Waals surface area contributed by atoms with Crippen LogP contribution in [-0.2, 0) is 14.8 Å². The lowest BCUT2D eigenvalue weighted by atomic mass is 10.2. The van der Waals surface area contributed by atoms with Crippen molar-refractivity contribution in [1.29, 1.82) is 0 Å². The number of hydrogen-bond donors (Lipinski definition) is 1. The van der Waals surface area contributed by atoms with Crippen molar-refractivity contribution in [3.05, 3.63) is 74.0 Å². The first-order chi connectivity index (χ1) is 15.6. The van der Waals surface area contributed by atoms with E-state index in [2.05, 4.69) is 32.8 Å². The van der Waals surface area contributed by atoms with Crippen LogP contribution in [0.4, 0.5) is 5.69 Å². The van der Waals surface area contributed by atoms with Crippen LogP contribution in [0.25, 0.3) is 16.7 Å². The van der Waals surface area contributed by atoms with Crippen LogP contribution in [0.5, 0.6) is 0 Å². The average Bonchev–Trinajstić information content (AvgIpc) is 3.07. The number of aryl methyl sites for hydroxylation is 1. The number of nitrogens with zero attached hydrogens (tertiary/aromatic N) is 4. The normalized spacial score (nSPS) is 11.6. The first-order valence-electron chi connectivity index (χ1n) is 9.38. The molecule has 0 radical (unpaired) electrons. The maximum absolute atomic E-state index is 13.4. The second-order valence-electron chi connectivity index (χ2n) is 7.09. The highest BCUT2D eigenvalue weighted by molar-refractivity contribution is 14.1. The van der Waals surface area contributed by atoms with E-state index in [0.29, 0.717) is 5.82 Å². The lowest BCUT2D eigenvalue weighted by Gasteiger charge is -2.23. The lowest BCUT2D eigenvalue weighted by molar-refractivity contribution is -0.135. The van der Waals surface area contributed by atoms with Gasteiger partial charge in [0.05, 0.1) is 21.8 Å². The minimum atomic E-state index is -4.27. The molecular formula is C21H15Cl2IN4O4S. The van der Waals surface area contributed by atoms with Crippen molar-refractivity contribution in [3.8, 4) is 5.82 Å². The smallest absolute Gasteiger partial charge is 0.324 e. The van der Waals surface area contributed by atoms with Crippen LogP contribution < -0.4 is 4.31 Å². The van der Waals surface area contributed by atoms with Crippen LogP contribution in [0.1, 0.15) is 5.69 Å². The number of hydrogen-bond acceptors (Lipinski definition) is 5. The van der Waals surface area contributed by atoms with Crippen molar-refractivity contribution in [1.82, 2.24) is 14.8 Å². The first kappa shape index (κ1) is 23.7. The first-order valence-corrected chi connectivity index (χ1v) is 12.7. The Balaban J connectivity index is 1.85. The SMILES string of the molecule is Cc1ccc(-n2cc(I)c3cc(N(CC(=O)O)S(=O)(=O)c4cc(Cl)cc(Cl)c4)ccc32)nn1. The Morgan fingerprint density at radius 1 is 1.09 bits per heavy atom. The number of sulfonamides is 1. The average molecular weight is 617 g/mol. The topological polar surface area (TPSA) is 105 Å². The number of halogens is 3. The summed E-state index contributed by atoms with van der Waals surface area (Å²) in [5.74, 6) is -0.709. The number of rotatable bonds is 6. The van der Waals surface area contributed by atoms with Crippen LogP contribution in [-0.4, -0.2) is 40.8 Å². The van der Waals surface area contributed by atoms with Gasteiger partial charge in [0.1, 0.15) is 6.54 Å². The van der Waals surface area contributed by atoms with Gasteiger partial charge in [0, 0.05) is 25.2 Å². The van der Waals surface area contributed by atoms with Crippen LogP contribution in [0.3, 0.4) is 0 Å². The number of benzene rings is 2. The largest absolute Gasteiger partial charge is 0.480 e. The Labute approximate surface area is 212 Å². The number of aliphatic carboxylic acids is 1. The van der Waals surface area contributed by atoms with E-state index >= 15 is 0 Å². The quantitative estimate of drug-likeness (QED) is 0.308. The summed E-state index contributed by atoms with van der Waals surface area (Å²) >= 11 is 14.1. The minimum absolute atomic E-state index is 0.123. The summed E-state index contributed by atoms with van der Waals surface area (Å²) in [5.41, 5.74) is 1.73. The molecule has 0 aliphatic heterocycles. The van der Waals surface area contributed by atoms with Gasteiger partial charge in [0.25, 0.3) is 10.0 Å². The second-order valence-corrected chi connectivity index (χ2v) is 11.0. The number of carboxylic acids is 1. The van der Waals surface area contributed by atoms with Crippen molar-refractivity contribution >= 4 is 78.4 Å². The third-order valence-electron chi connectivity index (χ3n) is 4.76. The molecule has 1 N–H and O–H groups in total.